The smallest absolute Gasteiger partial charge is 0.381 e. The van der Waals surface area contributed by atoms with E-state index >= 15 is 0 Å². The molecule has 31 heavy (non-hydrogen) atoms. The maximum Gasteiger partial charge on any atom is 0.416 e. The highest BCUT2D eigenvalue weighted by molar-refractivity contribution is 7.03. The molecule has 0 radical (unpaired) electrons. The Kier molecular flexibility index (Phi) is 6.18. The largest absolute Gasteiger partial charge is 0.416 e. The van der Waals surface area contributed by atoms with Crippen LogP contribution in [0.2, 0.25) is 0 Å². The molecule has 0 spiro atoms. The van der Waals surface area contributed by atoms with Gasteiger partial charge in [-0.2, -0.15) is 13.2 Å². The maximum atomic E-state index is 13.2. The minimum absolute atomic E-state index is 0.0894. The van der Waals surface area contributed by atoms with Crippen LogP contribution in [0.1, 0.15) is 16.7 Å². The van der Waals surface area contributed by atoms with Gasteiger partial charge >= 0.3 is 6.18 Å². The lowest BCUT2D eigenvalue weighted by molar-refractivity contribution is -0.138. The Bertz CT molecular complexity index is 1130. The number of alkyl halides is 3. The fourth-order valence-electron chi connectivity index (χ4n) is 3.18. The lowest BCUT2D eigenvalue weighted by atomic mass is 10.1. The second kappa shape index (κ2) is 9.18. The van der Waals surface area contributed by atoms with E-state index in [1.54, 1.807) is 6.07 Å². The number of nitrogens with one attached hydrogen (secondary N) is 2. The van der Waals surface area contributed by atoms with E-state index in [1.807, 2.05) is 53.9 Å². The molecule has 0 atom stereocenters. The fourth-order valence-corrected chi connectivity index (χ4v) is 3.64. The second-order valence-electron chi connectivity index (χ2n) is 6.93. The van der Waals surface area contributed by atoms with Crippen LogP contribution in [0.15, 0.2) is 78.2 Å². The summed E-state index contributed by atoms with van der Waals surface area (Å²) in [5.74, 6) is 0. The Hall–Kier alpha value is -3.39. The SMILES string of the molecule is FC(F)(F)c1ccccc1CNc1cccc(NCc2ccc(-c3csnn3)cc2)c1. The number of anilines is 2. The van der Waals surface area contributed by atoms with Crippen molar-refractivity contribution >= 4 is 22.9 Å². The fraction of sp³-hybridized carbons (Fsp3) is 0.130. The molecule has 4 rings (SSSR count). The van der Waals surface area contributed by atoms with Gasteiger partial charge in [0.25, 0.3) is 0 Å². The van der Waals surface area contributed by atoms with E-state index in [0.717, 1.165) is 34.3 Å². The molecule has 158 valence electrons. The zero-order chi connectivity index (χ0) is 21.7. The Balaban J connectivity index is 1.37. The number of benzene rings is 3. The highest BCUT2D eigenvalue weighted by atomic mass is 32.1. The number of hydrogen-bond acceptors (Lipinski definition) is 5. The molecule has 0 fully saturated rings. The average molecular weight is 440 g/mol. The molecular weight excluding hydrogens is 421 g/mol. The van der Waals surface area contributed by atoms with Crippen LogP contribution in [0.3, 0.4) is 0 Å². The van der Waals surface area contributed by atoms with E-state index in [-0.39, 0.29) is 12.1 Å². The molecule has 4 aromatic rings. The van der Waals surface area contributed by atoms with Gasteiger partial charge in [-0.05, 0) is 46.9 Å². The van der Waals surface area contributed by atoms with Crippen molar-refractivity contribution in [1.82, 2.24) is 9.59 Å². The molecule has 8 heteroatoms. The van der Waals surface area contributed by atoms with E-state index in [4.69, 9.17) is 0 Å². The number of nitrogens with zero attached hydrogens (tertiary/aromatic N) is 2. The molecule has 3 aromatic carbocycles. The normalized spacial score (nSPS) is 11.3. The molecule has 1 heterocycles. The van der Waals surface area contributed by atoms with E-state index in [1.165, 1.54) is 23.7 Å². The molecule has 0 saturated heterocycles. The van der Waals surface area contributed by atoms with E-state index < -0.39 is 11.7 Å². The van der Waals surface area contributed by atoms with Crippen molar-refractivity contribution in [2.75, 3.05) is 10.6 Å². The molecular formula is C23H19F3N4S. The predicted molar refractivity (Wildman–Crippen MR) is 118 cm³/mol. The quantitative estimate of drug-likeness (QED) is 0.347. The van der Waals surface area contributed by atoms with Crippen molar-refractivity contribution in [3.05, 3.63) is 94.9 Å². The third-order valence-electron chi connectivity index (χ3n) is 4.77. The van der Waals surface area contributed by atoms with Gasteiger partial charge < -0.3 is 10.6 Å². The molecule has 4 nitrogen and oxygen atoms in total. The van der Waals surface area contributed by atoms with Crippen LogP contribution in [-0.2, 0) is 19.3 Å². The molecule has 0 saturated carbocycles. The van der Waals surface area contributed by atoms with Gasteiger partial charge in [-0.1, -0.05) is 53.0 Å². The van der Waals surface area contributed by atoms with Crippen molar-refractivity contribution in [1.29, 1.82) is 0 Å². The molecule has 0 bridgehead atoms. The predicted octanol–water partition coefficient (Wildman–Crippen LogP) is 6.45. The highest BCUT2D eigenvalue weighted by Crippen LogP contribution is 2.32. The summed E-state index contributed by atoms with van der Waals surface area (Å²) in [5, 5.41) is 12.4. The summed E-state index contributed by atoms with van der Waals surface area (Å²) in [4.78, 5) is 0. The van der Waals surface area contributed by atoms with Gasteiger partial charge in [0.05, 0.1) is 5.56 Å². The van der Waals surface area contributed by atoms with Gasteiger partial charge in [-0.25, -0.2) is 0 Å². The van der Waals surface area contributed by atoms with Crippen LogP contribution in [0.25, 0.3) is 11.3 Å². The number of aromatic nitrogens is 2. The number of rotatable bonds is 7. The summed E-state index contributed by atoms with van der Waals surface area (Å²) in [5.41, 5.74) is 4.19. The first kappa shape index (κ1) is 20.9. The number of halogens is 3. The summed E-state index contributed by atoms with van der Waals surface area (Å²) >= 11 is 1.32. The first-order valence-corrected chi connectivity index (χ1v) is 10.4. The Labute approximate surface area is 181 Å². The van der Waals surface area contributed by atoms with Gasteiger partial charge in [0.15, 0.2) is 0 Å². The van der Waals surface area contributed by atoms with E-state index in [2.05, 4.69) is 20.2 Å². The first-order chi connectivity index (χ1) is 15.0. The monoisotopic (exact) mass is 440 g/mol. The molecule has 2 N–H and O–H groups in total. The summed E-state index contributed by atoms with van der Waals surface area (Å²) in [6.45, 7) is 0.710. The zero-order valence-corrected chi connectivity index (χ0v) is 17.2. The van der Waals surface area contributed by atoms with Crippen LogP contribution in [0.4, 0.5) is 24.5 Å². The summed E-state index contributed by atoms with van der Waals surface area (Å²) in [6.07, 6.45) is -4.37. The first-order valence-electron chi connectivity index (χ1n) is 9.58. The lowest BCUT2D eigenvalue weighted by Crippen LogP contribution is -2.11. The average Bonchev–Trinajstić information content (AvgIpc) is 3.31. The van der Waals surface area contributed by atoms with Crippen molar-refractivity contribution in [3.8, 4) is 11.3 Å². The third kappa shape index (κ3) is 5.40. The highest BCUT2D eigenvalue weighted by Gasteiger charge is 2.32. The summed E-state index contributed by atoms with van der Waals surface area (Å²) < 4.78 is 43.4. The lowest BCUT2D eigenvalue weighted by Gasteiger charge is -2.14. The van der Waals surface area contributed by atoms with Crippen LogP contribution < -0.4 is 10.6 Å². The van der Waals surface area contributed by atoms with Crippen LogP contribution >= 0.6 is 11.5 Å². The molecule has 1 aromatic heterocycles. The van der Waals surface area contributed by atoms with Crippen LogP contribution in [-0.4, -0.2) is 9.59 Å². The molecule has 0 aliphatic carbocycles. The third-order valence-corrected chi connectivity index (χ3v) is 5.28. The Morgan fingerprint density at radius 2 is 1.52 bits per heavy atom. The van der Waals surface area contributed by atoms with Crippen LogP contribution in [0, 0.1) is 0 Å². The summed E-state index contributed by atoms with van der Waals surface area (Å²) in [6, 6.07) is 21.2. The van der Waals surface area contributed by atoms with Gasteiger partial charge in [0.1, 0.15) is 5.69 Å². The topological polar surface area (TPSA) is 49.8 Å². The number of hydrogen-bond donors (Lipinski definition) is 2. The Morgan fingerprint density at radius 1 is 0.806 bits per heavy atom. The van der Waals surface area contributed by atoms with Crippen LogP contribution in [0.5, 0.6) is 0 Å². The van der Waals surface area contributed by atoms with Crippen molar-refractivity contribution < 1.29 is 13.2 Å². The van der Waals surface area contributed by atoms with Gasteiger partial charge in [0.2, 0.25) is 0 Å². The van der Waals surface area contributed by atoms with Gasteiger partial charge in [-0.3, -0.25) is 0 Å². The van der Waals surface area contributed by atoms with Crippen molar-refractivity contribution in [2.45, 2.75) is 19.3 Å². The second-order valence-corrected chi connectivity index (χ2v) is 7.54. The van der Waals surface area contributed by atoms with E-state index in [0.29, 0.717) is 6.54 Å². The molecule has 0 amide bonds. The van der Waals surface area contributed by atoms with Gasteiger partial charge in [-0.15, -0.1) is 5.10 Å². The minimum atomic E-state index is -4.37. The standard InChI is InChI=1S/C23H19F3N4S/c24-23(25,26)21-7-2-1-4-18(21)14-28-20-6-3-5-19(12-20)27-13-16-8-10-17(11-9-16)22-15-31-30-29-22/h1-12,15,27-28H,13-14H2. The maximum absolute atomic E-state index is 13.2. The summed E-state index contributed by atoms with van der Waals surface area (Å²) in [7, 11) is 0. The van der Waals surface area contributed by atoms with Gasteiger partial charge in [0, 0.05) is 35.4 Å². The van der Waals surface area contributed by atoms with Crippen molar-refractivity contribution in [3.63, 3.8) is 0 Å². The zero-order valence-electron chi connectivity index (χ0n) is 16.4. The molecule has 0 aliphatic rings. The Morgan fingerprint density at radius 3 is 2.19 bits per heavy atom. The minimum Gasteiger partial charge on any atom is -0.381 e. The molecule has 0 unspecified atom stereocenters. The van der Waals surface area contributed by atoms with Crippen molar-refractivity contribution in [2.24, 2.45) is 0 Å². The van der Waals surface area contributed by atoms with E-state index in [9.17, 15) is 13.2 Å². The molecule has 0 aliphatic heterocycles.